The zero-order chi connectivity index (χ0) is 21.3. The standard InChI is InChI=1S/C18H26F3N3O3S/c1-17(2,3)16(25)23-10-12-5-4-8-24(11-12)15-7-6-13(28(22,26)27)9-14(15)18(19,20)21/h6-7,9,12H,4-5,8,10-11H2,1-3H3,(H,23,25)(H2,22,26,27). The predicted molar refractivity (Wildman–Crippen MR) is 100 cm³/mol. The third-order valence-electron chi connectivity index (χ3n) is 4.69. The van der Waals surface area contributed by atoms with Gasteiger partial charge in [-0.25, -0.2) is 13.6 Å². The Morgan fingerprint density at radius 1 is 1.29 bits per heavy atom. The van der Waals surface area contributed by atoms with Crippen molar-refractivity contribution in [1.82, 2.24) is 5.32 Å². The summed E-state index contributed by atoms with van der Waals surface area (Å²) < 4.78 is 63.5. The number of amides is 1. The smallest absolute Gasteiger partial charge is 0.371 e. The summed E-state index contributed by atoms with van der Waals surface area (Å²) in [5, 5.41) is 7.83. The summed E-state index contributed by atoms with van der Waals surface area (Å²) in [6.45, 7) is 6.50. The molecular formula is C18H26F3N3O3S. The van der Waals surface area contributed by atoms with Gasteiger partial charge in [0.2, 0.25) is 15.9 Å². The molecule has 0 bridgehead atoms. The Balaban J connectivity index is 2.23. The first-order valence-corrected chi connectivity index (χ1v) is 10.5. The van der Waals surface area contributed by atoms with Crippen LogP contribution in [0.1, 0.15) is 39.2 Å². The Labute approximate surface area is 163 Å². The quantitative estimate of drug-likeness (QED) is 0.782. The molecule has 158 valence electrons. The number of piperidine rings is 1. The Morgan fingerprint density at radius 2 is 1.93 bits per heavy atom. The van der Waals surface area contributed by atoms with Gasteiger partial charge in [0, 0.05) is 30.7 Å². The predicted octanol–water partition coefficient (Wildman–Crippen LogP) is 2.73. The second-order valence-electron chi connectivity index (χ2n) is 8.14. The van der Waals surface area contributed by atoms with Crippen molar-refractivity contribution >= 4 is 21.6 Å². The third-order valence-corrected chi connectivity index (χ3v) is 5.61. The minimum absolute atomic E-state index is 0.000878. The highest BCUT2D eigenvalue weighted by atomic mass is 32.2. The number of alkyl halides is 3. The molecule has 1 heterocycles. The van der Waals surface area contributed by atoms with Crippen molar-refractivity contribution < 1.29 is 26.4 Å². The number of nitrogens with one attached hydrogen (secondary N) is 1. The maximum atomic E-state index is 13.5. The zero-order valence-corrected chi connectivity index (χ0v) is 17.0. The highest BCUT2D eigenvalue weighted by molar-refractivity contribution is 7.89. The lowest BCUT2D eigenvalue weighted by Crippen LogP contribution is -2.44. The number of carbonyl (C=O) groups is 1. The molecule has 28 heavy (non-hydrogen) atoms. The van der Waals surface area contributed by atoms with E-state index < -0.39 is 32.1 Å². The number of nitrogens with zero attached hydrogens (tertiary/aromatic N) is 1. The maximum absolute atomic E-state index is 13.5. The number of anilines is 1. The van der Waals surface area contributed by atoms with Crippen LogP contribution in [-0.2, 0) is 21.0 Å². The van der Waals surface area contributed by atoms with Gasteiger partial charge < -0.3 is 10.2 Å². The Morgan fingerprint density at radius 3 is 2.46 bits per heavy atom. The number of sulfonamides is 1. The van der Waals surface area contributed by atoms with E-state index in [-0.39, 0.29) is 17.5 Å². The van der Waals surface area contributed by atoms with Crippen molar-refractivity contribution in [3.05, 3.63) is 23.8 Å². The summed E-state index contributed by atoms with van der Waals surface area (Å²) in [7, 11) is -4.24. The monoisotopic (exact) mass is 421 g/mol. The molecule has 1 amide bonds. The van der Waals surface area contributed by atoms with E-state index in [1.807, 2.05) is 0 Å². The van der Waals surface area contributed by atoms with Crippen LogP contribution in [-0.4, -0.2) is 34.0 Å². The van der Waals surface area contributed by atoms with E-state index in [2.05, 4.69) is 5.32 Å². The van der Waals surface area contributed by atoms with E-state index in [1.54, 1.807) is 25.7 Å². The molecule has 0 aliphatic carbocycles. The van der Waals surface area contributed by atoms with Gasteiger partial charge in [-0.3, -0.25) is 4.79 Å². The topological polar surface area (TPSA) is 92.5 Å². The van der Waals surface area contributed by atoms with Gasteiger partial charge in [0.1, 0.15) is 0 Å². The van der Waals surface area contributed by atoms with Crippen LogP contribution < -0.4 is 15.4 Å². The summed E-state index contributed by atoms with van der Waals surface area (Å²) in [6.07, 6.45) is -3.26. The SMILES string of the molecule is CC(C)(C)C(=O)NCC1CCCN(c2ccc(S(N)(=O)=O)cc2C(F)(F)F)C1. The van der Waals surface area contributed by atoms with Gasteiger partial charge in [0.15, 0.2) is 0 Å². The van der Waals surface area contributed by atoms with Crippen LogP contribution >= 0.6 is 0 Å². The van der Waals surface area contributed by atoms with E-state index in [1.165, 1.54) is 0 Å². The average molecular weight is 421 g/mol. The average Bonchev–Trinajstić information content (AvgIpc) is 2.57. The van der Waals surface area contributed by atoms with Gasteiger partial charge in [-0.05, 0) is 37.0 Å². The van der Waals surface area contributed by atoms with Crippen molar-refractivity contribution in [2.24, 2.45) is 16.5 Å². The molecule has 0 radical (unpaired) electrons. The van der Waals surface area contributed by atoms with E-state index in [0.717, 1.165) is 18.6 Å². The number of hydrogen-bond acceptors (Lipinski definition) is 4. The molecule has 0 saturated carbocycles. The van der Waals surface area contributed by atoms with E-state index in [0.29, 0.717) is 32.1 Å². The molecule has 1 aromatic carbocycles. The highest BCUT2D eigenvalue weighted by Crippen LogP contribution is 2.39. The van der Waals surface area contributed by atoms with Gasteiger partial charge in [0.25, 0.3) is 0 Å². The van der Waals surface area contributed by atoms with Crippen LogP contribution in [0.5, 0.6) is 0 Å². The summed E-state index contributed by atoms with van der Waals surface area (Å²) in [4.78, 5) is 13.0. The fourth-order valence-electron chi connectivity index (χ4n) is 3.15. The molecule has 1 fully saturated rings. The first-order chi connectivity index (χ1) is 12.7. The number of nitrogens with two attached hydrogens (primary N) is 1. The lowest BCUT2D eigenvalue weighted by Gasteiger charge is -2.36. The Bertz CT molecular complexity index is 833. The molecule has 1 unspecified atom stereocenters. The normalized spacial score (nSPS) is 18.8. The number of carbonyl (C=O) groups excluding carboxylic acids is 1. The maximum Gasteiger partial charge on any atom is 0.418 e. The largest absolute Gasteiger partial charge is 0.418 e. The third kappa shape index (κ3) is 5.60. The Hall–Kier alpha value is -1.81. The van der Waals surface area contributed by atoms with Crippen LogP contribution in [0.25, 0.3) is 0 Å². The van der Waals surface area contributed by atoms with Crippen molar-refractivity contribution in [3.8, 4) is 0 Å². The number of rotatable bonds is 4. The number of halogens is 3. The summed E-state index contributed by atoms with van der Waals surface area (Å²) in [6, 6.07) is 2.82. The van der Waals surface area contributed by atoms with Crippen LogP contribution in [0, 0.1) is 11.3 Å². The molecule has 1 aromatic rings. The molecular weight excluding hydrogens is 395 g/mol. The number of hydrogen-bond donors (Lipinski definition) is 2. The molecule has 0 aromatic heterocycles. The van der Waals surface area contributed by atoms with E-state index >= 15 is 0 Å². The fraction of sp³-hybridized carbons (Fsp3) is 0.611. The first-order valence-electron chi connectivity index (χ1n) is 8.97. The highest BCUT2D eigenvalue weighted by Gasteiger charge is 2.37. The summed E-state index contributed by atoms with van der Waals surface area (Å²) in [5.74, 6) is -0.114. The molecule has 1 aliphatic heterocycles. The molecule has 0 spiro atoms. The second-order valence-corrected chi connectivity index (χ2v) is 9.70. The molecule has 1 aliphatic rings. The molecule has 3 N–H and O–H groups in total. The molecule has 1 saturated heterocycles. The lowest BCUT2D eigenvalue weighted by atomic mass is 9.93. The van der Waals surface area contributed by atoms with Crippen molar-refractivity contribution in [2.45, 2.75) is 44.7 Å². The molecule has 2 rings (SSSR count). The van der Waals surface area contributed by atoms with Gasteiger partial charge in [-0.15, -0.1) is 0 Å². The van der Waals surface area contributed by atoms with Crippen LogP contribution in [0.15, 0.2) is 23.1 Å². The van der Waals surface area contributed by atoms with Crippen LogP contribution in [0.3, 0.4) is 0 Å². The van der Waals surface area contributed by atoms with E-state index in [4.69, 9.17) is 5.14 Å². The minimum Gasteiger partial charge on any atom is -0.371 e. The summed E-state index contributed by atoms with van der Waals surface area (Å²) in [5.41, 5.74) is -1.65. The van der Waals surface area contributed by atoms with Gasteiger partial charge in [0.05, 0.1) is 10.5 Å². The van der Waals surface area contributed by atoms with Crippen LogP contribution in [0.2, 0.25) is 0 Å². The molecule has 10 heteroatoms. The van der Waals surface area contributed by atoms with Crippen LogP contribution in [0.4, 0.5) is 18.9 Å². The zero-order valence-electron chi connectivity index (χ0n) is 16.1. The molecule has 6 nitrogen and oxygen atoms in total. The number of primary sulfonamides is 1. The lowest BCUT2D eigenvalue weighted by molar-refractivity contribution is -0.137. The first kappa shape index (κ1) is 22.5. The van der Waals surface area contributed by atoms with E-state index in [9.17, 15) is 26.4 Å². The number of benzene rings is 1. The Kier molecular flexibility index (Phi) is 6.34. The van der Waals surface area contributed by atoms with Crippen molar-refractivity contribution in [3.63, 3.8) is 0 Å². The van der Waals surface area contributed by atoms with Crippen molar-refractivity contribution in [2.75, 3.05) is 24.5 Å². The second kappa shape index (κ2) is 7.90. The molecule has 1 atom stereocenters. The van der Waals surface area contributed by atoms with Gasteiger partial charge in [-0.2, -0.15) is 13.2 Å². The minimum atomic E-state index is -4.72. The van der Waals surface area contributed by atoms with Gasteiger partial charge in [-0.1, -0.05) is 20.8 Å². The van der Waals surface area contributed by atoms with Gasteiger partial charge >= 0.3 is 6.18 Å². The van der Waals surface area contributed by atoms with Crippen molar-refractivity contribution in [1.29, 1.82) is 0 Å². The summed E-state index contributed by atoms with van der Waals surface area (Å²) >= 11 is 0. The fourth-order valence-corrected chi connectivity index (χ4v) is 3.69.